The standard InChI is InChI=1S/C10H21N3O4/c1-2-3-7-13(10(16)17)8-6-11-4-5-12-9(14)15/h11-12H,2-8H2,1H3,(H,14,15)(H,16,17). The number of amides is 2. The molecule has 7 heteroatoms. The van der Waals surface area contributed by atoms with Crippen molar-refractivity contribution in [2.45, 2.75) is 19.8 Å². The van der Waals surface area contributed by atoms with E-state index in [2.05, 4.69) is 10.6 Å². The molecule has 0 heterocycles. The lowest BCUT2D eigenvalue weighted by molar-refractivity contribution is 0.144. The molecule has 0 radical (unpaired) electrons. The van der Waals surface area contributed by atoms with Crippen LogP contribution in [0.15, 0.2) is 0 Å². The molecule has 0 fully saturated rings. The van der Waals surface area contributed by atoms with Crippen molar-refractivity contribution in [2.24, 2.45) is 0 Å². The van der Waals surface area contributed by atoms with Crippen molar-refractivity contribution in [1.82, 2.24) is 15.5 Å². The Bertz CT molecular complexity index is 236. The molecule has 0 aromatic carbocycles. The first-order valence-electron chi connectivity index (χ1n) is 5.73. The molecule has 0 aliphatic carbocycles. The van der Waals surface area contributed by atoms with E-state index in [0.717, 1.165) is 12.8 Å². The summed E-state index contributed by atoms with van der Waals surface area (Å²) in [5, 5.41) is 22.4. The van der Waals surface area contributed by atoms with Gasteiger partial charge in [0.25, 0.3) is 0 Å². The van der Waals surface area contributed by atoms with Crippen LogP contribution < -0.4 is 10.6 Å². The highest BCUT2D eigenvalue weighted by Crippen LogP contribution is 1.94. The molecular formula is C10H21N3O4. The third kappa shape index (κ3) is 9.43. The molecule has 0 spiro atoms. The van der Waals surface area contributed by atoms with E-state index in [4.69, 9.17) is 10.2 Å². The monoisotopic (exact) mass is 247 g/mol. The number of hydrogen-bond acceptors (Lipinski definition) is 3. The van der Waals surface area contributed by atoms with E-state index in [1.165, 1.54) is 4.90 Å². The van der Waals surface area contributed by atoms with Gasteiger partial charge in [0.15, 0.2) is 0 Å². The average Bonchev–Trinajstić information content (AvgIpc) is 2.26. The molecule has 100 valence electrons. The first-order chi connectivity index (χ1) is 8.07. The molecule has 0 saturated carbocycles. The van der Waals surface area contributed by atoms with Gasteiger partial charge in [0.05, 0.1) is 0 Å². The maximum atomic E-state index is 10.8. The number of carboxylic acid groups (broad SMARTS) is 2. The summed E-state index contributed by atoms with van der Waals surface area (Å²) >= 11 is 0. The number of hydrogen-bond donors (Lipinski definition) is 4. The fourth-order valence-electron chi connectivity index (χ4n) is 1.25. The molecule has 0 aromatic rings. The van der Waals surface area contributed by atoms with Crippen molar-refractivity contribution in [3.05, 3.63) is 0 Å². The van der Waals surface area contributed by atoms with E-state index in [1.807, 2.05) is 6.92 Å². The van der Waals surface area contributed by atoms with E-state index >= 15 is 0 Å². The average molecular weight is 247 g/mol. The molecule has 0 saturated heterocycles. The van der Waals surface area contributed by atoms with Gasteiger partial charge in [0, 0.05) is 32.7 Å². The zero-order chi connectivity index (χ0) is 13.1. The van der Waals surface area contributed by atoms with Crippen LogP contribution in [0.5, 0.6) is 0 Å². The van der Waals surface area contributed by atoms with Gasteiger partial charge in [-0.15, -0.1) is 0 Å². The Morgan fingerprint density at radius 1 is 1.12 bits per heavy atom. The Morgan fingerprint density at radius 3 is 2.35 bits per heavy atom. The van der Waals surface area contributed by atoms with Gasteiger partial charge < -0.3 is 25.7 Å². The van der Waals surface area contributed by atoms with Gasteiger partial charge in [-0.3, -0.25) is 0 Å². The molecule has 0 bridgehead atoms. The SMILES string of the molecule is CCCCN(CCNCCNC(=O)O)C(=O)O. The van der Waals surface area contributed by atoms with Crippen molar-refractivity contribution in [2.75, 3.05) is 32.7 Å². The number of nitrogens with one attached hydrogen (secondary N) is 2. The summed E-state index contributed by atoms with van der Waals surface area (Å²) in [6.45, 7) is 4.31. The van der Waals surface area contributed by atoms with Crippen molar-refractivity contribution in [3.8, 4) is 0 Å². The summed E-state index contributed by atoms with van der Waals surface area (Å²) in [7, 11) is 0. The highest BCUT2D eigenvalue weighted by molar-refractivity contribution is 5.65. The summed E-state index contributed by atoms with van der Waals surface area (Å²) in [6.07, 6.45) is -0.155. The fourth-order valence-corrected chi connectivity index (χ4v) is 1.25. The predicted molar refractivity (Wildman–Crippen MR) is 63.4 cm³/mol. The minimum Gasteiger partial charge on any atom is -0.465 e. The molecule has 0 rings (SSSR count). The number of carbonyl (C=O) groups is 2. The topological polar surface area (TPSA) is 102 Å². The second-order valence-electron chi connectivity index (χ2n) is 3.61. The first kappa shape index (κ1) is 15.5. The quantitative estimate of drug-likeness (QED) is 0.447. The lowest BCUT2D eigenvalue weighted by atomic mass is 10.3. The Kier molecular flexibility index (Phi) is 8.85. The van der Waals surface area contributed by atoms with Crippen LogP contribution in [-0.4, -0.2) is 60.0 Å². The number of nitrogens with zero attached hydrogens (tertiary/aromatic N) is 1. The molecule has 0 unspecified atom stereocenters. The Morgan fingerprint density at radius 2 is 1.82 bits per heavy atom. The van der Waals surface area contributed by atoms with Crippen molar-refractivity contribution in [1.29, 1.82) is 0 Å². The third-order valence-corrected chi connectivity index (χ3v) is 2.19. The summed E-state index contributed by atoms with van der Waals surface area (Å²) in [4.78, 5) is 22.3. The molecular weight excluding hydrogens is 226 g/mol. The Labute approximate surface area is 101 Å². The first-order valence-corrected chi connectivity index (χ1v) is 5.73. The van der Waals surface area contributed by atoms with Gasteiger partial charge in [-0.1, -0.05) is 13.3 Å². The third-order valence-electron chi connectivity index (χ3n) is 2.19. The van der Waals surface area contributed by atoms with E-state index in [1.54, 1.807) is 0 Å². The molecule has 7 nitrogen and oxygen atoms in total. The second kappa shape index (κ2) is 9.71. The van der Waals surface area contributed by atoms with Crippen LogP contribution in [0.25, 0.3) is 0 Å². The van der Waals surface area contributed by atoms with Gasteiger partial charge in [0.2, 0.25) is 0 Å². The van der Waals surface area contributed by atoms with Crippen molar-refractivity contribution in [3.63, 3.8) is 0 Å². The Balaban J connectivity index is 3.54. The van der Waals surface area contributed by atoms with E-state index < -0.39 is 12.2 Å². The molecule has 4 N–H and O–H groups in total. The molecule has 0 atom stereocenters. The lowest BCUT2D eigenvalue weighted by Gasteiger charge is -2.18. The highest BCUT2D eigenvalue weighted by Gasteiger charge is 2.09. The molecule has 0 aliphatic rings. The lowest BCUT2D eigenvalue weighted by Crippen LogP contribution is -2.38. The van der Waals surface area contributed by atoms with E-state index in [-0.39, 0.29) is 0 Å². The summed E-state index contributed by atoms with van der Waals surface area (Å²) in [5.74, 6) is 0. The molecule has 2 amide bonds. The van der Waals surface area contributed by atoms with Crippen LogP contribution in [0.2, 0.25) is 0 Å². The second-order valence-corrected chi connectivity index (χ2v) is 3.61. The maximum absolute atomic E-state index is 10.8. The van der Waals surface area contributed by atoms with Crippen LogP contribution in [0.3, 0.4) is 0 Å². The summed E-state index contributed by atoms with van der Waals surface area (Å²) in [6, 6.07) is 0. The van der Waals surface area contributed by atoms with Crippen LogP contribution in [0.4, 0.5) is 9.59 Å². The maximum Gasteiger partial charge on any atom is 0.407 e. The normalized spacial score (nSPS) is 9.94. The summed E-state index contributed by atoms with van der Waals surface area (Å²) in [5.41, 5.74) is 0. The van der Waals surface area contributed by atoms with Crippen molar-refractivity contribution < 1.29 is 19.8 Å². The van der Waals surface area contributed by atoms with Crippen LogP contribution in [0, 0.1) is 0 Å². The molecule has 17 heavy (non-hydrogen) atoms. The van der Waals surface area contributed by atoms with E-state index in [0.29, 0.717) is 32.7 Å². The van der Waals surface area contributed by atoms with Gasteiger partial charge >= 0.3 is 12.2 Å². The highest BCUT2D eigenvalue weighted by atomic mass is 16.4. The smallest absolute Gasteiger partial charge is 0.407 e. The predicted octanol–water partition coefficient (Wildman–Crippen LogP) is 0.624. The largest absolute Gasteiger partial charge is 0.465 e. The van der Waals surface area contributed by atoms with Crippen LogP contribution in [0.1, 0.15) is 19.8 Å². The molecule has 0 aromatic heterocycles. The van der Waals surface area contributed by atoms with Gasteiger partial charge in [-0.2, -0.15) is 0 Å². The zero-order valence-electron chi connectivity index (χ0n) is 10.1. The summed E-state index contributed by atoms with van der Waals surface area (Å²) < 4.78 is 0. The van der Waals surface area contributed by atoms with E-state index in [9.17, 15) is 9.59 Å². The van der Waals surface area contributed by atoms with Gasteiger partial charge in [-0.05, 0) is 6.42 Å². The zero-order valence-corrected chi connectivity index (χ0v) is 10.1. The van der Waals surface area contributed by atoms with Crippen LogP contribution >= 0.6 is 0 Å². The number of rotatable bonds is 9. The Hall–Kier alpha value is -1.50. The van der Waals surface area contributed by atoms with Crippen molar-refractivity contribution >= 4 is 12.2 Å². The minimum atomic E-state index is -1.05. The fraction of sp³-hybridized carbons (Fsp3) is 0.800. The van der Waals surface area contributed by atoms with Gasteiger partial charge in [-0.25, -0.2) is 9.59 Å². The van der Waals surface area contributed by atoms with Crippen LogP contribution in [-0.2, 0) is 0 Å². The van der Waals surface area contributed by atoms with Gasteiger partial charge in [0.1, 0.15) is 0 Å². The molecule has 0 aliphatic heterocycles. The number of unbranched alkanes of at least 4 members (excludes halogenated alkanes) is 1. The minimum absolute atomic E-state index is 0.317.